The van der Waals surface area contributed by atoms with Crippen molar-refractivity contribution in [3.05, 3.63) is 18.2 Å². The number of unbranched alkanes of at least 4 members (excludes halogenated alkanes) is 3. The SMILES string of the molecule is CCCCCCn1ccnc1C.O=S(=O)(O)C(F)(F)F. The lowest BCUT2D eigenvalue weighted by molar-refractivity contribution is -0.0510. The third-order valence-electron chi connectivity index (χ3n) is 2.47. The van der Waals surface area contributed by atoms with Crippen LogP contribution < -0.4 is 0 Å². The normalized spacial score (nSPS) is 11.9. The van der Waals surface area contributed by atoms with Crippen LogP contribution in [0.1, 0.15) is 38.4 Å². The van der Waals surface area contributed by atoms with Gasteiger partial charge in [-0.15, -0.1) is 0 Å². The van der Waals surface area contributed by atoms with E-state index in [1.54, 1.807) is 0 Å². The van der Waals surface area contributed by atoms with Gasteiger partial charge in [0.05, 0.1) is 0 Å². The topological polar surface area (TPSA) is 72.2 Å². The van der Waals surface area contributed by atoms with Gasteiger partial charge in [0.1, 0.15) is 5.82 Å². The molecule has 0 aliphatic carbocycles. The molecule has 0 aromatic carbocycles. The van der Waals surface area contributed by atoms with Gasteiger partial charge in [-0.25, -0.2) is 4.98 Å². The molecule has 1 aromatic rings. The Labute approximate surface area is 116 Å². The summed E-state index contributed by atoms with van der Waals surface area (Å²) in [6, 6.07) is 0. The van der Waals surface area contributed by atoms with Gasteiger partial charge in [-0.1, -0.05) is 26.2 Å². The van der Waals surface area contributed by atoms with Gasteiger partial charge in [-0.3, -0.25) is 4.55 Å². The van der Waals surface area contributed by atoms with Crippen molar-refractivity contribution in [2.45, 2.75) is 51.6 Å². The van der Waals surface area contributed by atoms with E-state index >= 15 is 0 Å². The predicted octanol–water partition coefficient (Wildman–Crippen LogP) is 3.17. The molecule has 118 valence electrons. The van der Waals surface area contributed by atoms with Gasteiger partial charge in [-0.2, -0.15) is 21.6 Å². The summed E-state index contributed by atoms with van der Waals surface area (Å²) in [5.41, 5.74) is -5.53. The Balaban J connectivity index is 0.000000396. The van der Waals surface area contributed by atoms with Gasteiger partial charge < -0.3 is 4.57 Å². The van der Waals surface area contributed by atoms with E-state index in [2.05, 4.69) is 29.6 Å². The maximum Gasteiger partial charge on any atom is 0.522 e. The summed E-state index contributed by atoms with van der Waals surface area (Å²) in [6.45, 7) is 5.42. The summed E-state index contributed by atoms with van der Waals surface area (Å²) >= 11 is 0. The smallest absolute Gasteiger partial charge is 0.335 e. The molecule has 0 aliphatic rings. The second-order valence-electron chi connectivity index (χ2n) is 4.15. The van der Waals surface area contributed by atoms with E-state index in [-0.39, 0.29) is 0 Å². The van der Waals surface area contributed by atoms with E-state index in [9.17, 15) is 13.2 Å². The molecule has 1 heterocycles. The Kier molecular flexibility index (Phi) is 7.80. The molecule has 0 amide bonds. The van der Waals surface area contributed by atoms with Crippen LogP contribution in [0.4, 0.5) is 13.2 Å². The predicted molar refractivity (Wildman–Crippen MR) is 68.7 cm³/mol. The molecule has 0 saturated heterocycles. The van der Waals surface area contributed by atoms with Gasteiger partial charge in [0.25, 0.3) is 0 Å². The van der Waals surface area contributed by atoms with Crippen molar-refractivity contribution in [1.29, 1.82) is 0 Å². The van der Waals surface area contributed by atoms with Gasteiger partial charge in [0.15, 0.2) is 0 Å². The molecule has 0 saturated carbocycles. The Morgan fingerprint density at radius 1 is 1.30 bits per heavy atom. The molecule has 1 N–H and O–H groups in total. The zero-order valence-electron chi connectivity index (χ0n) is 11.4. The van der Waals surface area contributed by atoms with Crippen LogP contribution in [-0.2, 0) is 16.7 Å². The summed E-state index contributed by atoms with van der Waals surface area (Å²) in [6.07, 6.45) is 9.21. The van der Waals surface area contributed by atoms with Crippen LogP contribution in [0.15, 0.2) is 12.4 Å². The number of alkyl halides is 3. The Morgan fingerprint density at radius 3 is 2.20 bits per heavy atom. The van der Waals surface area contributed by atoms with Crippen LogP contribution in [-0.4, -0.2) is 28.0 Å². The lowest BCUT2D eigenvalue weighted by atomic mass is 10.2. The first-order valence-corrected chi connectivity index (χ1v) is 7.55. The lowest BCUT2D eigenvalue weighted by Gasteiger charge is -2.03. The molecule has 0 bridgehead atoms. The summed E-state index contributed by atoms with van der Waals surface area (Å²) < 4.78 is 59.8. The van der Waals surface area contributed by atoms with Crippen molar-refractivity contribution >= 4 is 10.1 Å². The summed E-state index contributed by atoms with van der Waals surface area (Å²) in [5, 5.41) is 0. The highest BCUT2D eigenvalue weighted by molar-refractivity contribution is 7.86. The fourth-order valence-corrected chi connectivity index (χ4v) is 1.35. The van der Waals surface area contributed by atoms with E-state index in [1.165, 1.54) is 25.7 Å². The zero-order chi connectivity index (χ0) is 15.8. The largest absolute Gasteiger partial charge is 0.522 e. The molecule has 0 unspecified atom stereocenters. The van der Waals surface area contributed by atoms with E-state index in [0.29, 0.717) is 0 Å². The van der Waals surface area contributed by atoms with Crippen molar-refractivity contribution in [3.63, 3.8) is 0 Å². The van der Waals surface area contributed by atoms with E-state index in [0.717, 1.165) is 12.4 Å². The second kappa shape index (κ2) is 8.25. The standard InChI is InChI=1S/C10H18N2.CHF3O3S/c1-3-4-5-6-8-12-9-7-11-10(12)2;2-1(3,4)8(5,6)7/h7,9H,3-6,8H2,1-2H3;(H,5,6,7). The molecular weight excluding hydrogens is 297 g/mol. The van der Waals surface area contributed by atoms with Gasteiger partial charge in [0, 0.05) is 18.9 Å². The number of halogens is 3. The van der Waals surface area contributed by atoms with Crippen LogP contribution in [0.2, 0.25) is 0 Å². The number of imidazole rings is 1. The van der Waals surface area contributed by atoms with Crippen molar-refractivity contribution in [1.82, 2.24) is 9.55 Å². The third kappa shape index (κ3) is 7.49. The monoisotopic (exact) mass is 316 g/mol. The maximum atomic E-state index is 10.7. The molecule has 0 fully saturated rings. The number of hydrogen-bond acceptors (Lipinski definition) is 3. The van der Waals surface area contributed by atoms with Crippen LogP contribution in [0.3, 0.4) is 0 Å². The van der Waals surface area contributed by atoms with Crippen LogP contribution in [0.25, 0.3) is 0 Å². The zero-order valence-corrected chi connectivity index (χ0v) is 12.2. The second-order valence-corrected chi connectivity index (χ2v) is 5.56. The van der Waals surface area contributed by atoms with Crippen molar-refractivity contribution in [3.8, 4) is 0 Å². The van der Waals surface area contributed by atoms with Gasteiger partial charge >= 0.3 is 15.6 Å². The highest BCUT2D eigenvalue weighted by Crippen LogP contribution is 2.20. The van der Waals surface area contributed by atoms with Crippen LogP contribution >= 0.6 is 0 Å². The Bertz CT molecular complexity index is 483. The van der Waals surface area contributed by atoms with Crippen molar-refractivity contribution < 1.29 is 26.1 Å². The number of aromatic nitrogens is 2. The first-order chi connectivity index (χ1) is 9.09. The molecule has 1 aromatic heterocycles. The number of rotatable bonds is 5. The number of nitrogens with zero attached hydrogens (tertiary/aromatic N) is 2. The summed E-state index contributed by atoms with van der Waals surface area (Å²) in [4.78, 5) is 4.18. The van der Waals surface area contributed by atoms with Gasteiger partial charge in [0.2, 0.25) is 0 Å². The summed E-state index contributed by atoms with van der Waals surface area (Å²) in [5.74, 6) is 1.13. The third-order valence-corrected chi connectivity index (χ3v) is 3.05. The van der Waals surface area contributed by atoms with E-state index in [1.807, 2.05) is 6.20 Å². The quantitative estimate of drug-likeness (QED) is 0.514. The molecule has 0 aliphatic heterocycles. The Morgan fingerprint density at radius 2 is 1.85 bits per heavy atom. The minimum Gasteiger partial charge on any atom is -0.335 e. The fourth-order valence-electron chi connectivity index (χ4n) is 1.35. The average molecular weight is 316 g/mol. The Hall–Kier alpha value is -1.09. The highest BCUT2D eigenvalue weighted by atomic mass is 32.2. The first-order valence-electron chi connectivity index (χ1n) is 6.11. The summed E-state index contributed by atoms with van der Waals surface area (Å²) in [7, 11) is -5.84. The minimum absolute atomic E-state index is 1.13. The van der Waals surface area contributed by atoms with Crippen molar-refractivity contribution in [2.24, 2.45) is 0 Å². The maximum absolute atomic E-state index is 10.7. The van der Waals surface area contributed by atoms with Gasteiger partial charge in [-0.05, 0) is 13.3 Å². The molecule has 0 atom stereocenters. The fraction of sp³-hybridized carbons (Fsp3) is 0.727. The molecule has 0 radical (unpaired) electrons. The lowest BCUT2D eigenvalue weighted by Crippen LogP contribution is -2.21. The van der Waals surface area contributed by atoms with Crippen molar-refractivity contribution in [2.75, 3.05) is 0 Å². The van der Waals surface area contributed by atoms with E-state index < -0.39 is 15.6 Å². The molecular formula is C11H19F3N2O3S. The van der Waals surface area contributed by atoms with E-state index in [4.69, 9.17) is 13.0 Å². The average Bonchev–Trinajstić information content (AvgIpc) is 2.69. The van der Waals surface area contributed by atoms with Crippen LogP contribution in [0.5, 0.6) is 0 Å². The molecule has 1 rings (SSSR count). The molecule has 5 nitrogen and oxygen atoms in total. The number of aryl methyl sites for hydroxylation is 2. The number of hydrogen-bond donors (Lipinski definition) is 1. The molecule has 9 heteroatoms. The van der Waals surface area contributed by atoms with Crippen LogP contribution in [0, 0.1) is 6.92 Å². The molecule has 20 heavy (non-hydrogen) atoms. The minimum atomic E-state index is -5.84. The highest BCUT2D eigenvalue weighted by Gasteiger charge is 2.44. The first kappa shape index (κ1) is 18.9. The molecule has 0 spiro atoms.